The highest BCUT2D eigenvalue weighted by Gasteiger charge is 2.29. The molecule has 0 aromatic rings. The fourth-order valence-electron chi connectivity index (χ4n) is 2.53. The molecule has 0 aromatic carbocycles. The van der Waals surface area contributed by atoms with Crippen molar-refractivity contribution in [2.24, 2.45) is 37.4 Å². The first-order valence-electron chi connectivity index (χ1n) is 8.09. The Morgan fingerprint density at radius 2 is 1.36 bits per heavy atom. The van der Waals surface area contributed by atoms with Crippen LogP contribution >= 0.6 is 0 Å². The van der Waals surface area contributed by atoms with Gasteiger partial charge in [0.15, 0.2) is 0 Å². The van der Waals surface area contributed by atoms with Crippen molar-refractivity contribution in [3.63, 3.8) is 0 Å². The predicted molar refractivity (Wildman–Crippen MR) is 92.4 cm³/mol. The van der Waals surface area contributed by atoms with E-state index in [2.05, 4.69) is 25.8 Å². The normalized spacial score (nSPS) is 22.2. The van der Waals surface area contributed by atoms with E-state index in [0.717, 1.165) is 0 Å². The lowest BCUT2D eigenvalue weighted by molar-refractivity contribution is 0.143. The Morgan fingerprint density at radius 1 is 0.800 bits per heavy atom. The fourth-order valence-corrected chi connectivity index (χ4v) is 2.53. The Hall–Kier alpha value is -1.80. The second-order valence-electron chi connectivity index (χ2n) is 5.70. The number of azo groups is 1. The second-order valence-corrected chi connectivity index (χ2v) is 5.70. The summed E-state index contributed by atoms with van der Waals surface area (Å²) in [4.78, 5) is 34.2. The van der Waals surface area contributed by atoms with E-state index in [1.807, 2.05) is 4.90 Å². The molecule has 0 aliphatic carbocycles. The van der Waals surface area contributed by atoms with Crippen LogP contribution in [0.5, 0.6) is 0 Å². The minimum absolute atomic E-state index is 0.176. The molecule has 1 aliphatic heterocycles. The molecule has 1 heterocycles. The van der Waals surface area contributed by atoms with Gasteiger partial charge in [-0.2, -0.15) is 24.9 Å². The van der Waals surface area contributed by atoms with Crippen molar-refractivity contribution in [1.29, 1.82) is 0 Å². The van der Waals surface area contributed by atoms with Crippen LogP contribution in [0.25, 0.3) is 0 Å². The molecule has 0 radical (unpaired) electrons. The molecule has 0 aromatic heterocycles. The largest absolute Gasteiger partial charge is 0.293 e. The molecule has 4 N–H and O–H groups in total. The summed E-state index contributed by atoms with van der Waals surface area (Å²) in [5, 5.41) is 19.9. The molecule has 2 unspecified atom stereocenters. The van der Waals surface area contributed by atoms with Gasteiger partial charge in [-0.1, -0.05) is 15.5 Å². The molecule has 0 saturated heterocycles. The van der Waals surface area contributed by atoms with E-state index in [1.54, 1.807) is 10.0 Å². The van der Waals surface area contributed by atoms with Crippen molar-refractivity contribution < 1.29 is 0 Å². The van der Waals surface area contributed by atoms with Gasteiger partial charge >= 0.3 is 0 Å². The molecule has 0 amide bonds. The van der Waals surface area contributed by atoms with Crippen LogP contribution in [0.2, 0.25) is 0 Å². The summed E-state index contributed by atoms with van der Waals surface area (Å²) in [6.45, 7) is 3.37. The van der Waals surface area contributed by atoms with Crippen molar-refractivity contribution >= 4 is 0 Å². The Bertz CT molecular complexity index is 437. The number of nitrogens with zero attached hydrogens (tertiary/aromatic N) is 8. The van der Waals surface area contributed by atoms with E-state index in [4.69, 9.17) is 11.7 Å². The van der Waals surface area contributed by atoms with Crippen molar-refractivity contribution in [2.45, 2.75) is 12.1 Å². The van der Waals surface area contributed by atoms with Crippen LogP contribution in [0.1, 0.15) is 0 Å². The average Bonchev–Trinajstić information content (AvgIpc) is 2.62. The molecule has 0 fully saturated rings. The predicted octanol–water partition coefficient (Wildman–Crippen LogP) is -0.858. The quantitative estimate of drug-likeness (QED) is 0.436. The standard InChI is InChI=1S/C12H26N10O3/c13-21-4-2-16-15-1-3-20(5-6-22(14)8-7-21)12(10-18-24)11(19-25)9-17-23/h11-12H,1-10,13-14H2. The summed E-state index contributed by atoms with van der Waals surface area (Å²) >= 11 is 0. The second kappa shape index (κ2) is 12.5. The molecule has 2 atom stereocenters. The third-order valence-electron chi connectivity index (χ3n) is 4.00. The average molecular weight is 358 g/mol. The first-order valence-corrected chi connectivity index (χ1v) is 8.09. The maximum Gasteiger partial charge on any atom is 0.132 e. The van der Waals surface area contributed by atoms with Gasteiger partial charge in [-0.25, -0.2) is 10.0 Å². The smallest absolute Gasteiger partial charge is 0.132 e. The van der Waals surface area contributed by atoms with Crippen LogP contribution < -0.4 is 11.7 Å². The summed E-state index contributed by atoms with van der Waals surface area (Å²) in [5.74, 6) is 11.8. The lowest BCUT2D eigenvalue weighted by Crippen LogP contribution is -2.51. The van der Waals surface area contributed by atoms with E-state index in [0.29, 0.717) is 52.4 Å². The molecule has 0 spiro atoms. The van der Waals surface area contributed by atoms with Crippen LogP contribution in [0.4, 0.5) is 0 Å². The molecular formula is C12H26N10O3. The SMILES string of the molecule is NN1CCN=NCCN(C(CN=O)C(CN=O)N=O)CCN(N)CC1. The van der Waals surface area contributed by atoms with Crippen molar-refractivity contribution in [1.82, 2.24) is 14.9 Å². The molecule has 1 aliphatic rings. The third kappa shape index (κ3) is 8.22. The molecule has 1 rings (SSSR count). The van der Waals surface area contributed by atoms with E-state index in [1.165, 1.54) is 0 Å². The summed E-state index contributed by atoms with van der Waals surface area (Å²) in [6, 6.07) is -1.58. The number of nitroso groups, excluding NO2 is 3. The first-order chi connectivity index (χ1) is 12.1. The minimum atomic E-state index is -0.950. The van der Waals surface area contributed by atoms with Crippen LogP contribution in [0.3, 0.4) is 0 Å². The van der Waals surface area contributed by atoms with E-state index in [-0.39, 0.29) is 13.1 Å². The summed E-state index contributed by atoms with van der Waals surface area (Å²) in [7, 11) is 0. The monoisotopic (exact) mass is 358 g/mol. The van der Waals surface area contributed by atoms with E-state index < -0.39 is 12.1 Å². The van der Waals surface area contributed by atoms with Gasteiger partial charge in [0.25, 0.3) is 0 Å². The van der Waals surface area contributed by atoms with E-state index in [9.17, 15) is 14.7 Å². The molecule has 0 saturated carbocycles. The van der Waals surface area contributed by atoms with Crippen LogP contribution in [0, 0.1) is 14.7 Å². The number of hydrazine groups is 2. The van der Waals surface area contributed by atoms with Gasteiger partial charge in [0, 0.05) is 39.3 Å². The van der Waals surface area contributed by atoms with Crippen molar-refractivity contribution in [2.75, 3.05) is 65.4 Å². The Balaban J connectivity index is 2.85. The first kappa shape index (κ1) is 21.2. The van der Waals surface area contributed by atoms with Gasteiger partial charge in [-0.05, 0) is 0 Å². The van der Waals surface area contributed by atoms with E-state index >= 15 is 0 Å². The highest BCUT2D eigenvalue weighted by molar-refractivity contribution is 4.88. The van der Waals surface area contributed by atoms with Crippen LogP contribution in [0.15, 0.2) is 25.8 Å². The summed E-state index contributed by atoms with van der Waals surface area (Å²) in [6.07, 6.45) is 0. The minimum Gasteiger partial charge on any atom is -0.293 e. The maximum atomic E-state index is 11.1. The number of hydrogen-bond donors (Lipinski definition) is 2. The van der Waals surface area contributed by atoms with Gasteiger partial charge in [0.05, 0.1) is 25.7 Å². The molecule has 142 valence electrons. The third-order valence-corrected chi connectivity index (χ3v) is 4.00. The fraction of sp³-hybridized carbons (Fsp3) is 1.00. The summed E-state index contributed by atoms with van der Waals surface area (Å²) in [5.41, 5.74) is 0. The van der Waals surface area contributed by atoms with Gasteiger partial charge in [0.1, 0.15) is 12.6 Å². The molecule has 25 heavy (non-hydrogen) atoms. The van der Waals surface area contributed by atoms with Gasteiger partial charge in [0.2, 0.25) is 0 Å². The lowest BCUT2D eigenvalue weighted by Gasteiger charge is -2.32. The molecule has 13 heteroatoms. The lowest BCUT2D eigenvalue weighted by atomic mass is 10.1. The van der Waals surface area contributed by atoms with Gasteiger partial charge in [-0.3, -0.25) is 16.6 Å². The molecule has 0 bridgehead atoms. The topological polar surface area (TPSA) is 175 Å². The van der Waals surface area contributed by atoms with Crippen LogP contribution in [-0.2, 0) is 0 Å². The number of hydrogen-bond acceptors (Lipinski definition) is 13. The zero-order valence-corrected chi connectivity index (χ0v) is 14.2. The Labute approximate surface area is 145 Å². The molecule has 13 nitrogen and oxygen atoms in total. The zero-order chi connectivity index (χ0) is 18.5. The van der Waals surface area contributed by atoms with Crippen LogP contribution in [-0.4, -0.2) is 92.4 Å². The van der Waals surface area contributed by atoms with Crippen molar-refractivity contribution in [3.8, 4) is 0 Å². The number of nitrogens with two attached hydrogens (primary N) is 2. The zero-order valence-electron chi connectivity index (χ0n) is 14.2. The van der Waals surface area contributed by atoms with Gasteiger partial charge < -0.3 is 0 Å². The molecular weight excluding hydrogens is 332 g/mol. The Kier molecular flexibility index (Phi) is 10.7. The Morgan fingerprint density at radius 3 is 1.96 bits per heavy atom. The highest BCUT2D eigenvalue weighted by atomic mass is 16.3. The van der Waals surface area contributed by atoms with Gasteiger partial charge in [-0.15, -0.1) is 0 Å². The maximum absolute atomic E-state index is 11.1. The highest BCUT2D eigenvalue weighted by Crippen LogP contribution is 2.11. The number of rotatable bonds is 7. The van der Waals surface area contributed by atoms with Crippen molar-refractivity contribution in [3.05, 3.63) is 14.7 Å². The summed E-state index contributed by atoms with van der Waals surface area (Å²) < 4.78 is 0.